The Morgan fingerprint density at radius 2 is 1.82 bits per heavy atom. The van der Waals surface area contributed by atoms with Crippen molar-refractivity contribution in [3.8, 4) is 5.75 Å². The van der Waals surface area contributed by atoms with Gasteiger partial charge in [-0.3, -0.25) is 9.59 Å². The molecule has 0 aliphatic carbocycles. The van der Waals surface area contributed by atoms with Gasteiger partial charge < -0.3 is 19.5 Å². The normalized spacial score (nSPS) is 14.5. The van der Waals surface area contributed by atoms with Crippen molar-refractivity contribution in [1.29, 1.82) is 0 Å². The zero-order chi connectivity index (χ0) is 23.8. The fourth-order valence-corrected chi connectivity index (χ4v) is 4.84. The monoisotopic (exact) mass is 496 g/mol. The lowest BCUT2D eigenvalue weighted by molar-refractivity contribution is -0.147. The number of carbonyl (C=O) groups is 2. The first kappa shape index (κ1) is 25.0. The van der Waals surface area contributed by atoms with Gasteiger partial charge in [-0.15, -0.1) is 0 Å². The minimum atomic E-state index is -3.56. The molecule has 1 heterocycles. The van der Waals surface area contributed by atoms with Crippen molar-refractivity contribution in [3.05, 3.63) is 53.1 Å². The molecule has 0 bridgehead atoms. The van der Waals surface area contributed by atoms with Gasteiger partial charge in [0, 0.05) is 25.2 Å². The summed E-state index contributed by atoms with van der Waals surface area (Å²) in [5, 5.41) is 2.93. The van der Waals surface area contributed by atoms with Crippen molar-refractivity contribution < 1.29 is 32.2 Å². The molecule has 1 saturated heterocycles. The number of aryl methyl sites for hydroxylation is 1. The number of nitrogens with zero attached hydrogens (tertiary/aromatic N) is 1. The molecule has 1 N–H and O–H groups in total. The summed E-state index contributed by atoms with van der Waals surface area (Å²) in [5.74, 6) is -0.557. The first-order valence-electron chi connectivity index (χ1n) is 10.3. The van der Waals surface area contributed by atoms with Crippen LogP contribution in [0.25, 0.3) is 0 Å². The van der Waals surface area contributed by atoms with E-state index in [2.05, 4.69) is 5.32 Å². The average Bonchev–Trinajstić information content (AvgIpc) is 2.82. The Hall–Kier alpha value is -2.66. The number of methoxy groups -OCH3 is 1. The van der Waals surface area contributed by atoms with Crippen molar-refractivity contribution in [2.45, 2.75) is 17.7 Å². The van der Waals surface area contributed by atoms with Crippen LogP contribution in [0.4, 0.5) is 5.69 Å². The predicted octanol–water partition coefficient (Wildman–Crippen LogP) is 2.48. The van der Waals surface area contributed by atoms with E-state index in [1.165, 1.54) is 29.6 Å². The summed E-state index contributed by atoms with van der Waals surface area (Å²) in [6, 6.07) is 11.1. The summed E-state index contributed by atoms with van der Waals surface area (Å²) < 4.78 is 41.9. The third kappa shape index (κ3) is 6.91. The van der Waals surface area contributed by atoms with E-state index in [0.29, 0.717) is 49.2 Å². The highest BCUT2D eigenvalue weighted by molar-refractivity contribution is 7.89. The van der Waals surface area contributed by atoms with Gasteiger partial charge in [0.25, 0.3) is 5.91 Å². The number of hydrogen-bond donors (Lipinski definition) is 1. The van der Waals surface area contributed by atoms with Crippen LogP contribution in [0.5, 0.6) is 5.75 Å². The van der Waals surface area contributed by atoms with E-state index in [1.54, 1.807) is 24.3 Å². The molecule has 2 aromatic rings. The summed E-state index contributed by atoms with van der Waals surface area (Å²) in [7, 11) is -2.07. The summed E-state index contributed by atoms with van der Waals surface area (Å²) in [5.41, 5.74) is 1.24. The molecule has 0 unspecified atom stereocenters. The predicted molar refractivity (Wildman–Crippen MR) is 122 cm³/mol. The zero-order valence-corrected chi connectivity index (χ0v) is 19.7. The highest BCUT2D eigenvalue weighted by Crippen LogP contribution is 2.27. The topological polar surface area (TPSA) is 111 Å². The fourth-order valence-electron chi connectivity index (χ4n) is 3.17. The fraction of sp³-hybridized carbons (Fsp3) is 0.364. The zero-order valence-electron chi connectivity index (χ0n) is 18.1. The average molecular weight is 497 g/mol. The maximum atomic E-state index is 12.6. The molecule has 0 radical (unpaired) electrons. The van der Waals surface area contributed by atoms with Crippen molar-refractivity contribution in [3.63, 3.8) is 0 Å². The van der Waals surface area contributed by atoms with Gasteiger partial charge in [-0.25, -0.2) is 8.42 Å². The van der Waals surface area contributed by atoms with E-state index >= 15 is 0 Å². The molecule has 33 heavy (non-hydrogen) atoms. The summed E-state index contributed by atoms with van der Waals surface area (Å²) >= 11 is 6.01. The van der Waals surface area contributed by atoms with Gasteiger partial charge in [0.05, 0.1) is 30.2 Å². The number of rotatable bonds is 9. The van der Waals surface area contributed by atoms with E-state index in [9.17, 15) is 18.0 Å². The van der Waals surface area contributed by atoms with E-state index in [0.717, 1.165) is 5.56 Å². The van der Waals surface area contributed by atoms with Crippen molar-refractivity contribution in [1.82, 2.24) is 4.31 Å². The Kier molecular flexibility index (Phi) is 8.67. The Bertz CT molecular complexity index is 1080. The highest BCUT2D eigenvalue weighted by Gasteiger charge is 2.26. The molecule has 0 atom stereocenters. The number of amides is 1. The summed E-state index contributed by atoms with van der Waals surface area (Å²) in [6.45, 7) is 0.986. The van der Waals surface area contributed by atoms with Crippen molar-refractivity contribution >= 4 is 39.2 Å². The number of esters is 1. The molecule has 0 saturated carbocycles. The second-order valence-electron chi connectivity index (χ2n) is 7.22. The van der Waals surface area contributed by atoms with Crippen LogP contribution in [-0.2, 0) is 35.5 Å². The SMILES string of the molecule is COc1ccc(NC(=O)COC(=O)CCc2ccc(S(=O)(=O)N3CCOCC3)cc2)cc1Cl. The molecule has 1 amide bonds. The lowest BCUT2D eigenvalue weighted by Gasteiger charge is -2.26. The van der Waals surface area contributed by atoms with Crippen LogP contribution in [0.1, 0.15) is 12.0 Å². The van der Waals surface area contributed by atoms with Crippen molar-refractivity contribution in [2.75, 3.05) is 45.3 Å². The maximum absolute atomic E-state index is 12.6. The largest absolute Gasteiger partial charge is 0.495 e. The summed E-state index contributed by atoms with van der Waals surface area (Å²) in [6.07, 6.45) is 0.406. The number of hydrogen-bond acceptors (Lipinski definition) is 7. The highest BCUT2D eigenvalue weighted by atomic mass is 35.5. The van der Waals surface area contributed by atoms with E-state index in [4.69, 9.17) is 25.8 Å². The van der Waals surface area contributed by atoms with Crippen LogP contribution in [0.15, 0.2) is 47.4 Å². The molecule has 0 spiro atoms. The molecule has 9 nitrogen and oxygen atoms in total. The Morgan fingerprint density at radius 3 is 2.45 bits per heavy atom. The lowest BCUT2D eigenvalue weighted by Crippen LogP contribution is -2.40. The molecule has 178 valence electrons. The molecule has 0 aromatic heterocycles. The minimum absolute atomic E-state index is 0.0528. The molecule has 11 heteroatoms. The van der Waals surface area contributed by atoms with Crippen molar-refractivity contribution in [2.24, 2.45) is 0 Å². The minimum Gasteiger partial charge on any atom is -0.495 e. The van der Waals surface area contributed by atoms with Crippen LogP contribution >= 0.6 is 11.6 Å². The van der Waals surface area contributed by atoms with Gasteiger partial charge in [-0.05, 0) is 42.3 Å². The third-order valence-corrected chi connectivity index (χ3v) is 7.16. The van der Waals surface area contributed by atoms with Gasteiger partial charge in [0.2, 0.25) is 10.0 Å². The Balaban J connectivity index is 1.44. The number of carbonyl (C=O) groups excluding carboxylic acids is 2. The Labute approximate surface area is 197 Å². The number of anilines is 1. The van der Waals surface area contributed by atoms with Gasteiger partial charge in [-0.2, -0.15) is 4.31 Å². The van der Waals surface area contributed by atoms with Gasteiger partial charge in [0.1, 0.15) is 5.75 Å². The van der Waals surface area contributed by atoms with Gasteiger partial charge >= 0.3 is 5.97 Å². The molecular weight excluding hydrogens is 472 g/mol. The molecule has 2 aromatic carbocycles. The molecule has 1 fully saturated rings. The maximum Gasteiger partial charge on any atom is 0.306 e. The standard InChI is InChI=1S/C22H25ClN2O7S/c1-30-20-8-5-17(14-19(20)23)24-21(26)15-32-22(27)9-4-16-2-6-18(7-3-16)33(28,29)25-10-12-31-13-11-25/h2-3,5-8,14H,4,9-13,15H2,1H3,(H,24,26). The Morgan fingerprint density at radius 1 is 1.12 bits per heavy atom. The first-order valence-corrected chi connectivity index (χ1v) is 12.1. The van der Waals surface area contributed by atoms with Crippen LogP contribution in [0.3, 0.4) is 0 Å². The van der Waals surface area contributed by atoms with E-state index < -0.39 is 28.5 Å². The van der Waals surface area contributed by atoms with E-state index in [-0.39, 0.29) is 11.3 Å². The van der Waals surface area contributed by atoms with Gasteiger partial charge in [-0.1, -0.05) is 23.7 Å². The second kappa shape index (κ2) is 11.5. The smallest absolute Gasteiger partial charge is 0.306 e. The van der Waals surface area contributed by atoms with E-state index in [1.807, 2.05) is 0 Å². The lowest BCUT2D eigenvalue weighted by atomic mass is 10.1. The molecule has 3 rings (SSSR count). The number of ether oxygens (including phenoxy) is 3. The second-order valence-corrected chi connectivity index (χ2v) is 9.56. The number of nitrogens with one attached hydrogen (secondary N) is 1. The first-order chi connectivity index (χ1) is 15.8. The number of morpholine rings is 1. The van der Waals surface area contributed by atoms with Crippen LogP contribution in [0.2, 0.25) is 5.02 Å². The molecule has 1 aliphatic rings. The number of sulfonamides is 1. The molecular formula is C22H25ClN2O7S. The van der Waals surface area contributed by atoms with Crippen LogP contribution in [-0.4, -0.2) is 64.6 Å². The van der Waals surface area contributed by atoms with Crippen LogP contribution < -0.4 is 10.1 Å². The quantitative estimate of drug-likeness (QED) is 0.531. The number of halogens is 1. The van der Waals surface area contributed by atoms with Gasteiger partial charge in [0.15, 0.2) is 6.61 Å². The third-order valence-electron chi connectivity index (χ3n) is 4.95. The summed E-state index contributed by atoms with van der Waals surface area (Å²) in [4.78, 5) is 24.2. The number of benzene rings is 2. The molecule has 1 aliphatic heterocycles. The van der Waals surface area contributed by atoms with Crippen LogP contribution in [0, 0.1) is 0 Å².